The molecule has 1 amide bonds. The van der Waals surface area contributed by atoms with Gasteiger partial charge < -0.3 is 24.8 Å². The predicted molar refractivity (Wildman–Crippen MR) is 142 cm³/mol. The van der Waals surface area contributed by atoms with Crippen molar-refractivity contribution in [2.24, 2.45) is 0 Å². The summed E-state index contributed by atoms with van der Waals surface area (Å²) in [5.74, 6) is 1.73. The van der Waals surface area contributed by atoms with E-state index < -0.39 is 0 Å². The molecule has 1 unspecified atom stereocenters. The minimum Gasteiger partial charge on any atom is -0.497 e. The second kappa shape index (κ2) is 10.5. The molecule has 0 bridgehead atoms. The number of fused-ring (bicyclic) bond motifs is 1. The number of likely N-dealkylation sites (tertiary alicyclic amines) is 1. The van der Waals surface area contributed by atoms with Crippen molar-refractivity contribution in [2.75, 3.05) is 63.2 Å². The van der Waals surface area contributed by atoms with Crippen molar-refractivity contribution in [1.82, 2.24) is 15.2 Å². The molecule has 35 heavy (non-hydrogen) atoms. The SMILES string of the molecule is COc1ccc(N2CCN(c3cc(C(=O)NCCC4CCCN4C)c4ccccc4n3)CC2)cc1. The number of hydrogen-bond acceptors (Lipinski definition) is 6. The Kier molecular flexibility index (Phi) is 7.04. The molecule has 2 aromatic carbocycles. The maximum atomic E-state index is 13.2. The monoisotopic (exact) mass is 473 g/mol. The summed E-state index contributed by atoms with van der Waals surface area (Å²) in [7, 11) is 3.86. The molecule has 3 heterocycles. The van der Waals surface area contributed by atoms with E-state index in [1.165, 1.54) is 18.5 Å². The normalized spacial score (nSPS) is 18.7. The molecular formula is C28H35N5O2. The zero-order valence-electron chi connectivity index (χ0n) is 20.7. The number of para-hydroxylation sites is 1. The molecule has 0 spiro atoms. The van der Waals surface area contributed by atoms with Crippen LogP contribution in [0.5, 0.6) is 5.75 Å². The fraction of sp³-hybridized carbons (Fsp3) is 0.429. The van der Waals surface area contributed by atoms with E-state index in [4.69, 9.17) is 9.72 Å². The molecule has 0 aliphatic carbocycles. The van der Waals surface area contributed by atoms with Crippen molar-refractivity contribution in [1.29, 1.82) is 0 Å². The summed E-state index contributed by atoms with van der Waals surface area (Å²) in [6, 6.07) is 18.7. The molecule has 0 saturated carbocycles. The smallest absolute Gasteiger partial charge is 0.252 e. The molecule has 184 valence electrons. The van der Waals surface area contributed by atoms with Gasteiger partial charge in [0.15, 0.2) is 0 Å². The quantitative estimate of drug-likeness (QED) is 0.564. The maximum Gasteiger partial charge on any atom is 0.252 e. The zero-order valence-corrected chi connectivity index (χ0v) is 20.7. The Morgan fingerprint density at radius 1 is 1.03 bits per heavy atom. The highest BCUT2D eigenvalue weighted by Gasteiger charge is 2.23. The van der Waals surface area contributed by atoms with Gasteiger partial charge in [-0.05, 0) is 69.3 Å². The summed E-state index contributed by atoms with van der Waals surface area (Å²) < 4.78 is 5.28. The van der Waals surface area contributed by atoms with Crippen LogP contribution in [0.4, 0.5) is 11.5 Å². The number of nitrogens with zero attached hydrogens (tertiary/aromatic N) is 4. The number of pyridine rings is 1. The van der Waals surface area contributed by atoms with Crippen molar-refractivity contribution in [3.8, 4) is 5.75 Å². The Morgan fingerprint density at radius 3 is 2.49 bits per heavy atom. The number of carbonyl (C=O) groups excluding carboxylic acids is 1. The maximum absolute atomic E-state index is 13.2. The number of carbonyl (C=O) groups is 1. The zero-order chi connectivity index (χ0) is 24.2. The van der Waals surface area contributed by atoms with Crippen molar-refractivity contribution in [3.63, 3.8) is 0 Å². The van der Waals surface area contributed by atoms with E-state index in [9.17, 15) is 4.79 Å². The van der Waals surface area contributed by atoms with Crippen LogP contribution in [0.3, 0.4) is 0 Å². The van der Waals surface area contributed by atoms with Crippen molar-refractivity contribution in [3.05, 3.63) is 60.2 Å². The molecule has 1 N–H and O–H groups in total. The van der Waals surface area contributed by atoms with Crippen LogP contribution < -0.4 is 19.9 Å². The summed E-state index contributed by atoms with van der Waals surface area (Å²) in [5.41, 5.74) is 2.77. The minimum atomic E-state index is -0.0117. The van der Waals surface area contributed by atoms with Crippen LogP contribution in [0.1, 0.15) is 29.6 Å². The van der Waals surface area contributed by atoms with Gasteiger partial charge in [0.1, 0.15) is 11.6 Å². The highest BCUT2D eigenvalue weighted by atomic mass is 16.5. The van der Waals surface area contributed by atoms with E-state index in [2.05, 4.69) is 39.2 Å². The molecule has 0 radical (unpaired) electrons. The lowest BCUT2D eigenvalue weighted by molar-refractivity contribution is 0.0952. The Hall–Kier alpha value is -3.32. The number of aromatic nitrogens is 1. The van der Waals surface area contributed by atoms with E-state index in [0.717, 1.165) is 61.6 Å². The molecule has 1 atom stereocenters. The van der Waals surface area contributed by atoms with E-state index in [-0.39, 0.29) is 5.91 Å². The Labute approximate surface area is 207 Å². The van der Waals surface area contributed by atoms with Crippen molar-refractivity contribution < 1.29 is 9.53 Å². The molecule has 3 aromatic rings. The highest BCUT2D eigenvalue weighted by Crippen LogP contribution is 2.26. The van der Waals surface area contributed by atoms with Gasteiger partial charge in [-0.15, -0.1) is 0 Å². The molecular weight excluding hydrogens is 438 g/mol. The second-order valence-electron chi connectivity index (χ2n) is 9.54. The summed E-state index contributed by atoms with van der Waals surface area (Å²) in [6.07, 6.45) is 3.46. The molecule has 7 nitrogen and oxygen atoms in total. The highest BCUT2D eigenvalue weighted by molar-refractivity contribution is 6.07. The number of benzene rings is 2. The van der Waals surface area contributed by atoms with Crippen LogP contribution in [0, 0.1) is 0 Å². The van der Waals surface area contributed by atoms with Gasteiger partial charge in [0, 0.05) is 49.8 Å². The van der Waals surface area contributed by atoms with Gasteiger partial charge in [-0.1, -0.05) is 18.2 Å². The number of nitrogens with one attached hydrogen (secondary N) is 1. The molecule has 2 saturated heterocycles. The van der Waals surface area contributed by atoms with Gasteiger partial charge in [0.2, 0.25) is 0 Å². The van der Waals surface area contributed by atoms with Crippen LogP contribution in [-0.4, -0.2) is 75.3 Å². The van der Waals surface area contributed by atoms with Crippen molar-refractivity contribution >= 4 is 28.3 Å². The van der Waals surface area contributed by atoms with E-state index >= 15 is 0 Å². The predicted octanol–water partition coefficient (Wildman–Crippen LogP) is 3.78. The number of amides is 1. The first-order valence-electron chi connectivity index (χ1n) is 12.6. The minimum absolute atomic E-state index is 0.0117. The van der Waals surface area contributed by atoms with Crippen LogP contribution in [0.2, 0.25) is 0 Å². The van der Waals surface area contributed by atoms with Gasteiger partial charge in [-0.3, -0.25) is 4.79 Å². The standard InChI is InChI=1S/C28H35N5O2/c1-31-15-5-6-21(31)13-14-29-28(34)25-20-27(30-26-8-4-3-7-24(25)26)33-18-16-32(17-19-33)22-9-11-23(35-2)12-10-22/h3-4,7-12,20-21H,5-6,13-19H2,1-2H3,(H,29,34). The second-order valence-corrected chi connectivity index (χ2v) is 9.54. The lowest BCUT2D eigenvalue weighted by Crippen LogP contribution is -2.47. The van der Waals surface area contributed by atoms with E-state index in [0.29, 0.717) is 18.2 Å². The number of methoxy groups -OCH3 is 1. The van der Waals surface area contributed by atoms with Crippen LogP contribution >= 0.6 is 0 Å². The molecule has 2 aliphatic heterocycles. The van der Waals surface area contributed by atoms with Crippen molar-refractivity contribution in [2.45, 2.75) is 25.3 Å². The first-order valence-corrected chi connectivity index (χ1v) is 12.6. The van der Waals surface area contributed by atoms with Gasteiger partial charge in [-0.25, -0.2) is 4.98 Å². The molecule has 7 heteroatoms. The van der Waals surface area contributed by atoms with E-state index in [1.54, 1.807) is 7.11 Å². The van der Waals surface area contributed by atoms with Gasteiger partial charge in [-0.2, -0.15) is 0 Å². The molecule has 5 rings (SSSR count). The van der Waals surface area contributed by atoms with E-state index in [1.807, 2.05) is 42.5 Å². The Balaban J connectivity index is 1.28. The number of hydrogen-bond donors (Lipinski definition) is 1. The third kappa shape index (κ3) is 5.20. The van der Waals surface area contributed by atoms with Gasteiger partial charge in [0.25, 0.3) is 5.91 Å². The first kappa shape index (κ1) is 23.4. The summed E-state index contributed by atoms with van der Waals surface area (Å²) in [4.78, 5) is 25.2. The lowest BCUT2D eigenvalue weighted by Gasteiger charge is -2.37. The average molecular weight is 474 g/mol. The third-order valence-electron chi connectivity index (χ3n) is 7.42. The fourth-order valence-corrected chi connectivity index (χ4v) is 5.29. The van der Waals surface area contributed by atoms with Crippen LogP contribution in [0.15, 0.2) is 54.6 Å². The fourth-order valence-electron chi connectivity index (χ4n) is 5.29. The first-order chi connectivity index (χ1) is 17.1. The third-order valence-corrected chi connectivity index (χ3v) is 7.42. The topological polar surface area (TPSA) is 60.9 Å². The lowest BCUT2D eigenvalue weighted by atomic mass is 10.1. The number of rotatable bonds is 7. The Morgan fingerprint density at radius 2 is 1.77 bits per heavy atom. The molecule has 2 fully saturated rings. The number of ether oxygens (including phenoxy) is 1. The van der Waals surface area contributed by atoms with Crippen LogP contribution in [-0.2, 0) is 0 Å². The molecule has 2 aliphatic rings. The van der Waals surface area contributed by atoms with Crippen LogP contribution in [0.25, 0.3) is 10.9 Å². The summed E-state index contributed by atoms with van der Waals surface area (Å²) in [5, 5.41) is 4.08. The average Bonchev–Trinajstić information content (AvgIpc) is 3.32. The summed E-state index contributed by atoms with van der Waals surface area (Å²) >= 11 is 0. The largest absolute Gasteiger partial charge is 0.497 e. The van der Waals surface area contributed by atoms with Gasteiger partial charge >= 0.3 is 0 Å². The summed E-state index contributed by atoms with van der Waals surface area (Å²) in [6.45, 7) is 5.36. The molecule has 1 aromatic heterocycles. The number of piperazine rings is 1. The number of anilines is 2. The Bertz CT molecular complexity index is 1160. The van der Waals surface area contributed by atoms with Gasteiger partial charge in [0.05, 0.1) is 18.2 Å².